The third kappa shape index (κ3) is 6.86. The van der Waals surface area contributed by atoms with E-state index in [1.54, 1.807) is 4.90 Å². The van der Waals surface area contributed by atoms with Gasteiger partial charge in [0.25, 0.3) is 0 Å². The average Bonchev–Trinajstić information content (AvgIpc) is 2.99. The topological polar surface area (TPSA) is 42.9 Å². The van der Waals surface area contributed by atoms with Crippen LogP contribution in [0.1, 0.15) is 19.8 Å². The van der Waals surface area contributed by atoms with Crippen molar-refractivity contribution in [2.75, 3.05) is 51.7 Å². The van der Waals surface area contributed by atoms with Gasteiger partial charge in [0, 0.05) is 32.2 Å². The molecule has 0 amide bonds. The van der Waals surface area contributed by atoms with Gasteiger partial charge in [-0.1, -0.05) is 6.07 Å². The number of rotatable bonds is 7. The van der Waals surface area contributed by atoms with Gasteiger partial charge in [0.15, 0.2) is 5.96 Å². The first-order chi connectivity index (χ1) is 12.0. The quantitative estimate of drug-likeness (QED) is 0.272. The lowest BCUT2D eigenvalue weighted by atomic mass is 10.2. The number of halogens is 3. The Morgan fingerprint density at radius 2 is 2.00 bits per heavy atom. The predicted octanol–water partition coefficient (Wildman–Crippen LogP) is 2.67. The Hall–Kier alpha value is -1.16. The maximum Gasteiger partial charge on any atom is 0.191 e. The molecule has 5 nitrogen and oxygen atoms in total. The molecule has 0 aromatic heterocycles. The Labute approximate surface area is 172 Å². The summed E-state index contributed by atoms with van der Waals surface area (Å²) in [6.45, 7) is 5.71. The molecule has 1 aliphatic heterocycles. The van der Waals surface area contributed by atoms with E-state index >= 15 is 0 Å². The van der Waals surface area contributed by atoms with Crippen LogP contribution in [-0.4, -0.2) is 63.7 Å². The zero-order valence-electron chi connectivity index (χ0n) is 15.8. The van der Waals surface area contributed by atoms with Crippen molar-refractivity contribution in [1.29, 1.82) is 0 Å². The monoisotopic (exact) mass is 481 g/mol. The molecule has 1 heterocycles. The Bertz CT molecular complexity index is 562. The molecule has 2 rings (SSSR count). The molecule has 1 unspecified atom stereocenters. The van der Waals surface area contributed by atoms with Crippen molar-refractivity contribution in [1.82, 2.24) is 15.5 Å². The number of anilines is 1. The first-order valence-electron chi connectivity index (χ1n) is 8.89. The van der Waals surface area contributed by atoms with Gasteiger partial charge in [0.1, 0.15) is 17.3 Å². The second kappa shape index (κ2) is 11.5. The molecular weight excluding hydrogens is 451 g/mol. The molecule has 1 aromatic carbocycles. The molecule has 0 saturated carbocycles. The van der Waals surface area contributed by atoms with E-state index in [1.807, 2.05) is 21.0 Å². The van der Waals surface area contributed by atoms with Gasteiger partial charge in [-0.15, -0.1) is 24.0 Å². The fourth-order valence-electron chi connectivity index (χ4n) is 2.96. The number of benzene rings is 1. The number of guanidine groups is 1. The maximum atomic E-state index is 13.9. The average molecular weight is 481 g/mol. The van der Waals surface area contributed by atoms with Gasteiger partial charge in [-0.2, -0.15) is 0 Å². The van der Waals surface area contributed by atoms with Gasteiger partial charge in [-0.05, 0) is 52.5 Å². The Kier molecular flexibility index (Phi) is 10.1. The minimum Gasteiger partial charge on any atom is -0.365 e. The summed E-state index contributed by atoms with van der Waals surface area (Å²) in [4.78, 5) is 8.48. The lowest BCUT2D eigenvalue weighted by Crippen LogP contribution is -2.44. The minimum absolute atomic E-state index is 0. The van der Waals surface area contributed by atoms with Crippen LogP contribution in [0.15, 0.2) is 23.2 Å². The van der Waals surface area contributed by atoms with Crippen LogP contribution in [0.25, 0.3) is 0 Å². The second-order valence-corrected chi connectivity index (χ2v) is 6.56. The molecule has 0 radical (unpaired) electrons. The lowest BCUT2D eigenvalue weighted by Gasteiger charge is -2.21. The lowest BCUT2D eigenvalue weighted by molar-refractivity contribution is 0.403. The van der Waals surface area contributed by atoms with Crippen molar-refractivity contribution in [3.63, 3.8) is 0 Å². The molecule has 1 aromatic rings. The number of para-hydroxylation sites is 1. The Morgan fingerprint density at radius 1 is 1.31 bits per heavy atom. The van der Waals surface area contributed by atoms with E-state index in [0.717, 1.165) is 38.4 Å². The van der Waals surface area contributed by atoms with E-state index in [2.05, 4.69) is 20.5 Å². The molecule has 1 aliphatic rings. The fourth-order valence-corrected chi connectivity index (χ4v) is 2.96. The first kappa shape index (κ1) is 22.9. The summed E-state index contributed by atoms with van der Waals surface area (Å²) in [6.07, 6.45) is 1.80. The van der Waals surface area contributed by atoms with Gasteiger partial charge in [-0.3, -0.25) is 4.99 Å². The largest absolute Gasteiger partial charge is 0.365 e. The number of hydrogen-bond donors (Lipinski definition) is 2. The van der Waals surface area contributed by atoms with Crippen molar-refractivity contribution in [3.05, 3.63) is 29.8 Å². The van der Waals surface area contributed by atoms with Gasteiger partial charge in [0.05, 0.1) is 0 Å². The molecular formula is C18H30F2IN5. The smallest absolute Gasteiger partial charge is 0.191 e. The van der Waals surface area contributed by atoms with E-state index in [1.165, 1.54) is 18.2 Å². The molecule has 1 fully saturated rings. The van der Waals surface area contributed by atoms with Crippen molar-refractivity contribution in [2.24, 2.45) is 4.99 Å². The second-order valence-electron chi connectivity index (χ2n) is 6.56. The molecule has 26 heavy (non-hydrogen) atoms. The molecule has 148 valence electrons. The molecule has 1 saturated heterocycles. The maximum absolute atomic E-state index is 13.9. The highest BCUT2D eigenvalue weighted by atomic mass is 127. The summed E-state index contributed by atoms with van der Waals surface area (Å²) in [5.74, 6) is -0.253. The normalized spacial score (nSPS) is 17.4. The van der Waals surface area contributed by atoms with Crippen molar-refractivity contribution < 1.29 is 8.78 Å². The number of aliphatic imine (C=N–C) groups is 1. The highest BCUT2D eigenvalue weighted by Gasteiger charge is 2.27. The van der Waals surface area contributed by atoms with E-state index in [9.17, 15) is 8.78 Å². The van der Waals surface area contributed by atoms with Crippen LogP contribution in [0.4, 0.5) is 14.5 Å². The van der Waals surface area contributed by atoms with Crippen molar-refractivity contribution >= 4 is 35.6 Å². The van der Waals surface area contributed by atoms with Crippen molar-refractivity contribution in [2.45, 2.75) is 25.8 Å². The molecule has 2 N–H and O–H groups in total. The molecule has 0 bridgehead atoms. The van der Waals surface area contributed by atoms with Gasteiger partial charge in [-0.25, -0.2) is 8.78 Å². The summed E-state index contributed by atoms with van der Waals surface area (Å²) < 4.78 is 27.9. The minimum atomic E-state index is -0.509. The summed E-state index contributed by atoms with van der Waals surface area (Å²) in [7, 11) is 4.09. The SMILES string of the molecule is CCNC(=NCCCN(C)C)NC1CCN(c2c(F)cccc2F)C1.I. The first-order valence-corrected chi connectivity index (χ1v) is 8.89. The summed E-state index contributed by atoms with van der Waals surface area (Å²) in [5, 5.41) is 6.62. The number of nitrogens with zero attached hydrogens (tertiary/aromatic N) is 3. The number of nitrogens with one attached hydrogen (secondary N) is 2. The Morgan fingerprint density at radius 3 is 2.62 bits per heavy atom. The molecule has 8 heteroatoms. The molecule has 0 aliphatic carbocycles. The highest BCUT2D eigenvalue weighted by molar-refractivity contribution is 14.0. The van der Waals surface area contributed by atoms with Crippen LogP contribution in [-0.2, 0) is 0 Å². The summed E-state index contributed by atoms with van der Waals surface area (Å²) >= 11 is 0. The highest BCUT2D eigenvalue weighted by Crippen LogP contribution is 2.26. The van der Waals surface area contributed by atoms with Crippen LogP contribution in [0, 0.1) is 11.6 Å². The van der Waals surface area contributed by atoms with Crippen LogP contribution in [0.2, 0.25) is 0 Å². The van der Waals surface area contributed by atoms with Crippen LogP contribution in [0.3, 0.4) is 0 Å². The van der Waals surface area contributed by atoms with Gasteiger partial charge >= 0.3 is 0 Å². The standard InChI is InChI=1S/C18H29F2N5.HI/c1-4-21-18(22-10-6-11-24(2)3)23-14-9-12-25(13-14)17-15(19)7-5-8-16(17)20;/h5,7-8,14H,4,6,9-13H2,1-3H3,(H2,21,22,23);1H. The van der Waals surface area contributed by atoms with E-state index < -0.39 is 11.6 Å². The van der Waals surface area contributed by atoms with E-state index in [0.29, 0.717) is 13.1 Å². The summed E-state index contributed by atoms with van der Waals surface area (Å²) in [6, 6.07) is 4.11. The van der Waals surface area contributed by atoms with Crippen LogP contribution in [0.5, 0.6) is 0 Å². The Balaban J connectivity index is 0.00000338. The van der Waals surface area contributed by atoms with Crippen molar-refractivity contribution in [3.8, 4) is 0 Å². The third-order valence-electron chi connectivity index (χ3n) is 4.16. The predicted molar refractivity (Wildman–Crippen MR) is 115 cm³/mol. The van der Waals surface area contributed by atoms with E-state index in [-0.39, 0.29) is 35.7 Å². The third-order valence-corrected chi connectivity index (χ3v) is 4.16. The number of hydrogen-bond acceptors (Lipinski definition) is 3. The summed E-state index contributed by atoms with van der Waals surface area (Å²) in [5.41, 5.74) is 0.0692. The fraction of sp³-hybridized carbons (Fsp3) is 0.611. The zero-order valence-corrected chi connectivity index (χ0v) is 18.1. The van der Waals surface area contributed by atoms with Crippen LogP contribution < -0.4 is 15.5 Å². The van der Waals surface area contributed by atoms with Gasteiger partial charge in [0.2, 0.25) is 0 Å². The van der Waals surface area contributed by atoms with Gasteiger partial charge < -0.3 is 20.4 Å². The van der Waals surface area contributed by atoms with Crippen LogP contribution >= 0.6 is 24.0 Å². The molecule has 1 atom stereocenters. The van der Waals surface area contributed by atoms with E-state index in [4.69, 9.17) is 0 Å². The molecule has 0 spiro atoms. The zero-order chi connectivity index (χ0) is 18.2.